The molecule has 1 amide bonds. The highest BCUT2D eigenvalue weighted by Crippen LogP contribution is 2.33. The number of nitrogens with zero attached hydrogens (tertiary/aromatic N) is 3. The quantitative estimate of drug-likeness (QED) is 0.914. The van der Waals surface area contributed by atoms with E-state index in [1.54, 1.807) is 11.1 Å². The van der Waals surface area contributed by atoms with Gasteiger partial charge < -0.3 is 14.6 Å². The van der Waals surface area contributed by atoms with Crippen LogP contribution < -0.4 is 0 Å². The molecule has 3 heterocycles. The smallest absolute Gasteiger partial charge is 0.272 e. The number of rotatable bonds is 2. The highest BCUT2D eigenvalue weighted by atomic mass is 79.9. The third-order valence-electron chi connectivity index (χ3n) is 3.55. The summed E-state index contributed by atoms with van der Waals surface area (Å²) < 4.78 is 2.75. The molecule has 0 spiro atoms. The number of β-amino-alcohol motifs (C(OH)–C–C–N with tert-alkyl or cyclic N) is 1. The van der Waals surface area contributed by atoms with Crippen LogP contribution in [-0.2, 0) is 6.54 Å². The first-order valence-corrected chi connectivity index (χ1v) is 6.99. The second kappa shape index (κ2) is 4.61. The minimum atomic E-state index is -0.0577. The number of halogens is 1. The maximum Gasteiger partial charge on any atom is 0.272 e. The zero-order chi connectivity index (χ0) is 13.6. The van der Waals surface area contributed by atoms with Crippen molar-refractivity contribution in [1.29, 1.82) is 0 Å². The first-order chi connectivity index (χ1) is 9.15. The van der Waals surface area contributed by atoms with E-state index in [-0.39, 0.29) is 18.6 Å². The Morgan fingerprint density at radius 2 is 2.37 bits per heavy atom. The molecule has 2 aromatic heterocycles. The molecule has 1 aliphatic heterocycles. The number of hydrogen-bond donors (Lipinski definition) is 1. The Kier molecular flexibility index (Phi) is 3.06. The monoisotopic (exact) mass is 323 g/mol. The predicted octanol–water partition coefficient (Wildman–Crippen LogP) is 1.64. The van der Waals surface area contributed by atoms with Gasteiger partial charge in [0.1, 0.15) is 11.2 Å². The van der Waals surface area contributed by atoms with Crippen molar-refractivity contribution < 1.29 is 9.90 Å². The number of fused-ring (bicyclic) bond motifs is 3. The fourth-order valence-corrected chi connectivity index (χ4v) is 3.35. The van der Waals surface area contributed by atoms with Crippen LogP contribution >= 0.6 is 15.9 Å². The van der Waals surface area contributed by atoms with Gasteiger partial charge in [0.2, 0.25) is 0 Å². The maximum atomic E-state index is 12.5. The lowest BCUT2D eigenvalue weighted by atomic mass is 10.2. The average Bonchev–Trinajstić information content (AvgIpc) is 2.69. The summed E-state index contributed by atoms with van der Waals surface area (Å²) in [7, 11) is 0. The van der Waals surface area contributed by atoms with Gasteiger partial charge in [0.05, 0.1) is 16.6 Å². The van der Waals surface area contributed by atoms with Gasteiger partial charge in [0.15, 0.2) is 0 Å². The van der Waals surface area contributed by atoms with Crippen LogP contribution in [0.15, 0.2) is 22.8 Å². The normalized spacial score (nSPS) is 19.0. The minimum absolute atomic E-state index is 0.0216. The van der Waals surface area contributed by atoms with Crippen LogP contribution in [0.1, 0.15) is 17.4 Å². The SMILES string of the molecule is C[C@@H]1Cn2c(c(Br)c3ncccc32)C(=O)N1CCO. The highest BCUT2D eigenvalue weighted by molar-refractivity contribution is 9.10. The third kappa shape index (κ3) is 1.78. The second-order valence-corrected chi connectivity index (χ2v) is 5.51. The van der Waals surface area contributed by atoms with Crippen molar-refractivity contribution in [3.05, 3.63) is 28.5 Å². The molecular formula is C13H14BrN3O2. The molecule has 0 radical (unpaired) electrons. The highest BCUT2D eigenvalue weighted by Gasteiger charge is 2.33. The van der Waals surface area contributed by atoms with Gasteiger partial charge in [-0.25, -0.2) is 0 Å². The lowest BCUT2D eigenvalue weighted by molar-refractivity contribution is 0.0570. The summed E-state index contributed by atoms with van der Waals surface area (Å²) in [6, 6.07) is 3.91. The van der Waals surface area contributed by atoms with E-state index in [9.17, 15) is 4.79 Å². The first kappa shape index (κ1) is 12.6. The van der Waals surface area contributed by atoms with E-state index in [0.717, 1.165) is 22.1 Å². The van der Waals surface area contributed by atoms with Crippen molar-refractivity contribution in [2.75, 3.05) is 13.2 Å². The van der Waals surface area contributed by atoms with Crippen LogP contribution in [0, 0.1) is 0 Å². The van der Waals surface area contributed by atoms with Gasteiger partial charge in [-0.1, -0.05) is 0 Å². The molecule has 0 saturated heterocycles. The predicted molar refractivity (Wildman–Crippen MR) is 75.0 cm³/mol. The first-order valence-electron chi connectivity index (χ1n) is 6.19. The molecule has 0 aliphatic carbocycles. The van der Waals surface area contributed by atoms with E-state index < -0.39 is 0 Å². The number of carbonyl (C=O) groups excluding carboxylic acids is 1. The van der Waals surface area contributed by atoms with Crippen molar-refractivity contribution in [3.8, 4) is 0 Å². The van der Waals surface area contributed by atoms with Gasteiger partial charge in [-0.3, -0.25) is 9.78 Å². The van der Waals surface area contributed by atoms with Crippen molar-refractivity contribution >= 4 is 32.9 Å². The molecule has 1 aliphatic rings. The van der Waals surface area contributed by atoms with Gasteiger partial charge in [0.25, 0.3) is 5.91 Å². The summed E-state index contributed by atoms with van der Waals surface area (Å²) in [4.78, 5) is 18.6. The molecule has 0 fully saturated rings. The van der Waals surface area contributed by atoms with E-state index in [2.05, 4.69) is 20.9 Å². The molecule has 6 heteroatoms. The summed E-state index contributed by atoms with van der Waals surface area (Å²) in [5.74, 6) is -0.0577. The Morgan fingerprint density at radius 1 is 1.58 bits per heavy atom. The topological polar surface area (TPSA) is 58.4 Å². The Hall–Kier alpha value is -1.40. The molecule has 1 atom stereocenters. The Labute approximate surface area is 119 Å². The van der Waals surface area contributed by atoms with Crippen molar-refractivity contribution in [3.63, 3.8) is 0 Å². The largest absolute Gasteiger partial charge is 0.395 e. The van der Waals surface area contributed by atoms with Crippen LogP contribution in [0.5, 0.6) is 0 Å². The van der Waals surface area contributed by atoms with E-state index >= 15 is 0 Å². The fourth-order valence-electron chi connectivity index (χ4n) is 2.66. The van der Waals surface area contributed by atoms with Crippen molar-refractivity contribution in [2.24, 2.45) is 0 Å². The minimum Gasteiger partial charge on any atom is -0.395 e. The Bertz CT molecular complexity index is 653. The van der Waals surface area contributed by atoms with Gasteiger partial charge in [-0.2, -0.15) is 0 Å². The van der Waals surface area contributed by atoms with Crippen LogP contribution in [0.2, 0.25) is 0 Å². The Balaban J connectivity index is 2.21. The number of pyridine rings is 1. The number of aromatic nitrogens is 2. The molecule has 3 rings (SSSR count). The zero-order valence-electron chi connectivity index (χ0n) is 10.5. The molecule has 5 nitrogen and oxygen atoms in total. The van der Waals surface area contributed by atoms with E-state index in [1.807, 2.05) is 23.6 Å². The molecule has 0 unspecified atom stereocenters. The van der Waals surface area contributed by atoms with E-state index in [1.165, 1.54) is 0 Å². The van der Waals surface area contributed by atoms with Crippen LogP contribution in [0.4, 0.5) is 0 Å². The molecule has 0 saturated carbocycles. The number of amides is 1. The molecule has 1 N–H and O–H groups in total. The molecule has 19 heavy (non-hydrogen) atoms. The zero-order valence-corrected chi connectivity index (χ0v) is 12.1. The Morgan fingerprint density at radius 3 is 3.11 bits per heavy atom. The molecule has 2 aromatic rings. The maximum absolute atomic E-state index is 12.5. The van der Waals surface area contributed by atoms with Gasteiger partial charge >= 0.3 is 0 Å². The molecule has 0 bridgehead atoms. The average molecular weight is 324 g/mol. The third-order valence-corrected chi connectivity index (χ3v) is 4.30. The molecular weight excluding hydrogens is 310 g/mol. The van der Waals surface area contributed by atoms with Crippen molar-refractivity contribution in [2.45, 2.75) is 19.5 Å². The summed E-state index contributed by atoms with van der Waals surface area (Å²) in [6.07, 6.45) is 1.72. The number of aliphatic hydroxyl groups is 1. The van der Waals surface area contributed by atoms with Gasteiger partial charge in [-0.05, 0) is 35.0 Å². The summed E-state index contributed by atoms with van der Waals surface area (Å²) in [6.45, 7) is 3.05. The van der Waals surface area contributed by atoms with Crippen molar-refractivity contribution in [1.82, 2.24) is 14.5 Å². The van der Waals surface area contributed by atoms with Crippen LogP contribution in [0.25, 0.3) is 11.0 Å². The van der Waals surface area contributed by atoms with Crippen LogP contribution in [-0.4, -0.2) is 44.7 Å². The lowest BCUT2D eigenvalue weighted by Gasteiger charge is -2.34. The number of hydrogen-bond acceptors (Lipinski definition) is 3. The fraction of sp³-hybridized carbons (Fsp3) is 0.385. The number of aliphatic hydroxyl groups excluding tert-OH is 1. The lowest BCUT2D eigenvalue weighted by Crippen LogP contribution is -2.47. The van der Waals surface area contributed by atoms with Gasteiger partial charge in [0, 0.05) is 25.3 Å². The summed E-state index contributed by atoms with van der Waals surface area (Å²) >= 11 is 3.48. The summed E-state index contributed by atoms with van der Waals surface area (Å²) in [5, 5.41) is 9.09. The second-order valence-electron chi connectivity index (χ2n) is 4.72. The van der Waals surface area contributed by atoms with Gasteiger partial charge in [-0.15, -0.1) is 0 Å². The number of carbonyl (C=O) groups is 1. The van der Waals surface area contributed by atoms with E-state index in [0.29, 0.717) is 12.2 Å². The van der Waals surface area contributed by atoms with E-state index in [4.69, 9.17) is 5.11 Å². The molecule has 0 aromatic carbocycles. The summed E-state index contributed by atoms with van der Waals surface area (Å²) in [5.41, 5.74) is 2.40. The van der Waals surface area contributed by atoms with Crippen LogP contribution in [0.3, 0.4) is 0 Å². The molecule has 100 valence electrons. The standard InChI is InChI=1S/C13H14BrN3O2/c1-8-7-17-9-3-2-4-15-11(9)10(14)12(17)13(19)16(8)5-6-18/h2-4,8,18H,5-7H2,1H3/t8-/m1/s1.